The molecule has 6 fully saturated rings. The predicted molar refractivity (Wildman–Crippen MR) is 225 cm³/mol. The fourth-order valence-electron chi connectivity index (χ4n) is 11.3. The summed E-state index contributed by atoms with van der Waals surface area (Å²) in [7, 11) is -2.03. The summed E-state index contributed by atoms with van der Waals surface area (Å²) in [5.74, 6) is 1.07. The van der Waals surface area contributed by atoms with Gasteiger partial charge in [0.25, 0.3) is 0 Å². The van der Waals surface area contributed by atoms with E-state index >= 15 is 4.39 Å². The Kier molecular flexibility index (Phi) is 12.9. The van der Waals surface area contributed by atoms with Crippen LogP contribution in [0.5, 0.6) is 0 Å². The summed E-state index contributed by atoms with van der Waals surface area (Å²) in [5, 5.41) is -0.565. The summed E-state index contributed by atoms with van der Waals surface area (Å²) >= 11 is 0. The number of benzene rings is 2. The summed E-state index contributed by atoms with van der Waals surface area (Å²) in [4.78, 5) is 37.1. The lowest BCUT2D eigenvalue weighted by atomic mass is 9.56. The molecule has 0 radical (unpaired) electrons. The lowest BCUT2D eigenvalue weighted by molar-refractivity contribution is -0.142. The van der Waals surface area contributed by atoms with E-state index in [9.17, 15) is 18.0 Å². The van der Waals surface area contributed by atoms with Crippen molar-refractivity contribution in [2.45, 2.75) is 79.8 Å². The second-order valence-corrected chi connectivity index (χ2v) is 20.5. The van der Waals surface area contributed by atoms with Crippen LogP contribution in [0.2, 0.25) is 0 Å². The van der Waals surface area contributed by atoms with Gasteiger partial charge in [0.15, 0.2) is 9.84 Å². The molecular weight excluding hydrogens is 754 g/mol. The molecule has 1 amide bonds. The number of ether oxygens (including phenoxy) is 1. The van der Waals surface area contributed by atoms with Crippen LogP contribution in [-0.2, 0) is 29.6 Å². The van der Waals surface area contributed by atoms with Crippen molar-refractivity contribution in [3.63, 3.8) is 0 Å². The fraction of sp³-hybridized carbons (Fsp3) is 0.652. The van der Waals surface area contributed by atoms with Crippen molar-refractivity contribution in [3.8, 4) is 0 Å². The molecule has 0 N–H and O–H groups in total. The minimum Gasteiger partial charge on any atom is -0.469 e. The first kappa shape index (κ1) is 41.4. The maximum Gasteiger partial charge on any atom is 0.305 e. The number of hydrogen-bond donors (Lipinski definition) is 0. The number of methoxy groups -OCH3 is 1. The van der Waals surface area contributed by atoms with Crippen LogP contribution in [0, 0.1) is 29.5 Å². The van der Waals surface area contributed by atoms with Gasteiger partial charge in [-0.25, -0.2) is 12.8 Å². The number of sulfone groups is 1. The van der Waals surface area contributed by atoms with Crippen LogP contribution < -0.4 is 4.90 Å². The molecule has 5 heterocycles. The van der Waals surface area contributed by atoms with E-state index in [0.717, 1.165) is 115 Å². The zero-order valence-electron chi connectivity index (χ0n) is 34.5. The third-order valence-electron chi connectivity index (χ3n) is 14.8. The van der Waals surface area contributed by atoms with Crippen LogP contribution in [0.3, 0.4) is 0 Å². The van der Waals surface area contributed by atoms with E-state index in [1.165, 1.54) is 32.8 Å². The molecule has 6 aliphatic rings. The van der Waals surface area contributed by atoms with Gasteiger partial charge in [-0.15, -0.1) is 0 Å². The van der Waals surface area contributed by atoms with Gasteiger partial charge >= 0.3 is 5.97 Å². The normalized spacial score (nSPS) is 25.6. The summed E-state index contributed by atoms with van der Waals surface area (Å²) in [6.07, 6.45) is 14.1. The summed E-state index contributed by atoms with van der Waals surface area (Å²) in [6, 6.07) is 14.7. The van der Waals surface area contributed by atoms with Crippen LogP contribution in [0.15, 0.2) is 65.6 Å². The molecule has 2 aromatic rings. The van der Waals surface area contributed by atoms with Crippen LogP contribution >= 0.6 is 0 Å². The lowest BCUT2D eigenvalue weighted by Crippen LogP contribution is -2.58. The third kappa shape index (κ3) is 8.91. The number of anilines is 1. The van der Waals surface area contributed by atoms with Crippen molar-refractivity contribution < 1.29 is 27.1 Å². The van der Waals surface area contributed by atoms with Crippen molar-refractivity contribution in [2.75, 3.05) is 97.1 Å². The molecule has 0 unspecified atom stereocenters. The molecule has 10 nitrogen and oxygen atoms in total. The molecule has 58 heavy (non-hydrogen) atoms. The van der Waals surface area contributed by atoms with E-state index in [-0.39, 0.29) is 42.1 Å². The van der Waals surface area contributed by atoms with Gasteiger partial charge in [0.05, 0.1) is 12.0 Å². The van der Waals surface area contributed by atoms with Crippen LogP contribution in [0.25, 0.3) is 0 Å². The van der Waals surface area contributed by atoms with Gasteiger partial charge in [0, 0.05) is 75.3 Å². The molecule has 3 atom stereocenters. The van der Waals surface area contributed by atoms with Gasteiger partial charge in [-0.05, 0) is 144 Å². The molecule has 5 saturated heterocycles. The Balaban J connectivity index is 0.839. The topological polar surface area (TPSA) is 93.7 Å². The number of carbonyl (C=O) groups is 2. The number of nitrogens with zero attached hydrogens (tertiary/aromatic N) is 5. The van der Waals surface area contributed by atoms with Gasteiger partial charge in [0.1, 0.15) is 11.1 Å². The van der Waals surface area contributed by atoms with Crippen LogP contribution in [0.1, 0.15) is 69.8 Å². The SMILES string of the molecule is COC(=O)C[C@H]1CCC[C@@H]1[C@](CN1CCC1)(c1cccc(F)c1)C1CCN(CC2CN(c3ccc(S(=O)(=O)C4CN(C(=O)/C=C/CN5CCCCC5)C4)cc3)C2)CC1. The molecule has 5 aliphatic heterocycles. The Morgan fingerprint density at radius 2 is 1.55 bits per heavy atom. The van der Waals surface area contributed by atoms with Gasteiger partial charge in [-0.2, -0.15) is 0 Å². The highest BCUT2D eigenvalue weighted by molar-refractivity contribution is 7.92. The molecule has 0 aromatic heterocycles. The van der Waals surface area contributed by atoms with Gasteiger partial charge in [0.2, 0.25) is 5.91 Å². The average Bonchev–Trinajstić information content (AvgIpc) is 3.64. The Labute approximate surface area is 345 Å². The highest BCUT2D eigenvalue weighted by atomic mass is 32.2. The van der Waals surface area contributed by atoms with Gasteiger partial charge in [-0.3, -0.25) is 14.5 Å². The van der Waals surface area contributed by atoms with Crippen LogP contribution in [-0.4, -0.2) is 137 Å². The van der Waals surface area contributed by atoms with Crippen LogP contribution in [0.4, 0.5) is 10.1 Å². The second-order valence-electron chi connectivity index (χ2n) is 18.3. The number of amides is 1. The molecule has 1 saturated carbocycles. The molecule has 2 aromatic carbocycles. The number of hydrogen-bond acceptors (Lipinski definition) is 9. The number of rotatable bonds is 15. The molecule has 8 rings (SSSR count). The smallest absolute Gasteiger partial charge is 0.305 e. The molecule has 316 valence electrons. The fourth-order valence-corrected chi connectivity index (χ4v) is 13.0. The highest BCUT2D eigenvalue weighted by Gasteiger charge is 2.53. The maximum atomic E-state index is 15.0. The minimum absolute atomic E-state index is 0.107. The van der Waals surface area contributed by atoms with E-state index in [1.54, 1.807) is 35.2 Å². The number of carbonyl (C=O) groups excluding carboxylic acids is 2. The van der Waals surface area contributed by atoms with E-state index in [2.05, 4.69) is 25.7 Å². The quantitative estimate of drug-likeness (QED) is 0.168. The van der Waals surface area contributed by atoms with Crippen molar-refractivity contribution in [2.24, 2.45) is 23.7 Å². The Morgan fingerprint density at radius 1 is 0.828 bits per heavy atom. The first-order valence-corrected chi connectivity index (χ1v) is 23.7. The highest BCUT2D eigenvalue weighted by Crippen LogP contribution is 2.54. The second kappa shape index (κ2) is 18.1. The first-order chi connectivity index (χ1) is 28.1. The Morgan fingerprint density at radius 3 is 2.22 bits per heavy atom. The van der Waals surface area contributed by atoms with Crippen molar-refractivity contribution in [1.82, 2.24) is 19.6 Å². The largest absolute Gasteiger partial charge is 0.469 e. The van der Waals surface area contributed by atoms with Crippen molar-refractivity contribution >= 4 is 27.4 Å². The Hall–Kier alpha value is -3.32. The standard InChI is InChI=1S/C46H64FN5O5S/c1-57-45(54)27-36-9-5-12-43(36)46(34-50-23-8-24-50,38-10-6-11-39(47)28-38)37-18-25-49(26-19-37)29-35-30-51(31-35)40-14-16-41(17-15-40)58(55,56)42-32-52(33-42)44(53)13-7-22-48-20-3-2-4-21-48/h6-7,10-11,13-17,28,35-37,42-43H,2-5,8-9,12,18-27,29-34H2,1H3/b13-7+/t36-,43+,46+/m1/s1. The Bertz CT molecular complexity index is 1860. The first-order valence-electron chi connectivity index (χ1n) is 22.2. The zero-order valence-corrected chi connectivity index (χ0v) is 35.3. The van der Waals surface area contributed by atoms with E-state index in [4.69, 9.17) is 4.74 Å². The third-order valence-corrected chi connectivity index (χ3v) is 16.9. The number of likely N-dealkylation sites (tertiary alicyclic amines) is 4. The molecular formula is C46H64FN5O5S. The van der Waals surface area contributed by atoms with E-state index in [0.29, 0.717) is 29.1 Å². The predicted octanol–water partition coefficient (Wildman–Crippen LogP) is 5.62. The van der Waals surface area contributed by atoms with E-state index < -0.39 is 15.1 Å². The lowest BCUT2D eigenvalue weighted by Gasteiger charge is -2.54. The molecule has 0 spiro atoms. The monoisotopic (exact) mass is 817 g/mol. The average molecular weight is 818 g/mol. The zero-order chi connectivity index (χ0) is 40.3. The molecule has 12 heteroatoms. The number of halogens is 1. The van der Waals surface area contributed by atoms with Crippen molar-refractivity contribution in [1.29, 1.82) is 0 Å². The van der Waals surface area contributed by atoms with E-state index in [1.807, 2.05) is 24.3 Å². The summed E-state index contributed by atoms with van der Waals surface area (Å²) in [6.45, 7) is 11.4. The van der Waals surface area contributed by atoms with Gasteiger partial charge < -0.3 is 24.3 Å². The minimum atomic E-state index is -3.52. The number of esters is 1. The summed E-state index contributed by atoms with van der Waals surface area (Å²) < 4.78 is 47.0. The number of piperidine rings is 2. The maximum absolute atomic E-state index is 15.0. The molecule has 0 bridgehead atoms. The van der Waals surface area contributed by atoms with Crippen molar-refractivity contribution in [3.05, 3.63) is 72.1 Å². The summed E-state index contributed by atoms with van der Waals surface area (Å²) in [5.41, 5.74) is 1.95. The van der Waals surface area contributed by atoms with Gasteiger partial charge in [-0.1, -0.05) is 31.1 Å². The molecule has 1 aliphatic carbocycles.